The average molecular weight is 456 g/mol. The van der Waals surface area contributed by atoms with Crippen molar-refractivity contribution in [1.82, 2.24) is 0 Å². The maximum atomic E-state index is 6.20. The lowest BCUT2D eigenvalue weighted by atomic mass is 10.0. The highest BCUT2D eigenvalue weighted by molar-refractivity contribution is 5.73. The van der Waals surface area contributed by atoms with Crippen molar-refractivity contribution in [2.45, 2.75) is 0 Å². The zero-order valence-electron chi connectivity index (χ0n) is 19.4. The summed E-state index contributed by atoms with van der Waals surface area (Å²) in [4.78, 5) is 0. The fourth-order valence-electron chi connectivity index (χ4n) is 3.96. The molecule has 10 heterocycles. The van der Waals surface area contributed by atoms with Gasteiger partial charge in [0.05, 0.1) is 28.4 Å². The first-order valence-corrected chi connectivity index (χ1v) is 10.7. The summed E-state index contributed by atoms with van der Waals surface area (Å²) < 4.78 is 34.9. The normalized spacial score (nSPS) is 11.4. The van der Waals surface area contributed by atoms with E-state index >= 15 is 0 Å². The average Bonchev–Trinajstić information content (AvgIpc) is 2.89. The summed E-state index contributed by atoms with van der Waals surface area (Å²) in [6.07, 6.45) is 0. The van der Waals surface area contributed by atoms with E-state index < -0.39 is 0 Å². The molecule has 10 aliphatic heterocycles. The smallest absolute Gasteiger partial charge is 0.169 e. The topological polar surface area (TPSA) is 55.4 Å². The van der Waals surface area contributed by atoms with E-state index in [1.807, 2.05) is 72.8 Å². The van der Waals surface area contributed by atoms with Gasteiger partial charge in [-0.25, -0.2) is 0 Å². The molecule has 0 atom stereocenters. The molecule has 6 heteroatoms. The first-order chi connectivity index (χ1) is 16.6. The van der Waals surface area contributed by atoms with Crippen molar-refractivity contribution < 1.29 is 28.4 Å². The van der Waals surface area contributed by atoms with Gasteiger partial charge in [0.15, 0.2) is 46.0 Å². The number of ether oxygens (including phenoxy) is 6. The molecule has 14 rings (SSSR count). The first-order valence-electron chi connectivity index (χ1n) is 10.7. The summed E-state index contributed by atoms with van der Waals surface area (Å²) in [6, 6.07) is 23.1. The Bertz CT molecular complexity index is 1150. The van der Waals surface area contributed by atoms with Gasteiger partial charge in [-0.3, -0.25) is 0 Å². The standard InChI is InChI=1S/C28H24O6/c1-29-25-13-17-5-9-21(25)33-22-10-7-19(15-26(22)30-2)20-8-12-24(28(16-20)32-4)34-23-11-6-18(17)14-27(23)31-3/h5-16H,1-4H3. The van der Waals surface area contributed by atoms with Gasteiger partial charge in [-0.2, -0.15) is 0 Å². The number of methoxy groups -OCH3 is 4. The van der Waals surface area contributed by atoms with Crippen molar-refractivity contribution in [3.8, 4) is 68.2 Å². The molecule has 4 aromatic carbocycles. The van der Waals surface area contributed by atoms with Crippen molar-refractivity contribution in [2.75, 3.05) is 28.4 Å². The van der Waals surface area contributed by atoms with Gasteiger partial charge in [0, 0.05) is 0 Å². The summed E-state index contributed by atoms with van der Waals surface area (Å²) in [5, 5.41) is 0. The van der Waals surface area contributed by atoms with Gasteiger partial charge < -0.3 is 28.4 Å². The minimum absolute atomic E-state index is 0.580. The highest BCUT2D eigenvalue weighted by atomic mass is 16.5. The third kappa shape index (κ3) is 3.83. The molecule has 0 unspecified atom stereocenters. The summed E-state index contributed by atoms with van der Waals surface area (Å²) in [7, 11) is 6.47. The summed E-state index contributed by atoms with van der Waals surface area (Å²) in [5.74, 6) is 4.72. The fourth-order valence-corrected chi connectivity index (χ4v) is 3.96. The summed E-state index contributed by atoms with van der Waals surface area (Å²) >= 11 is 0. The van der Waals surface area contributed by atoms with E-state index in [-0.39, 0.29) is 0 Å². The number of hydrogen-bond donors (Lipinski definition) is 0. The summed E-state index contributed by atoms with van der Waals surface area (Å²) in [5.41, 5.74) is 3.78. The Labute approximate surface area is 198 Å². The Hall–Kier alpha value is -4.32. The van der Waals surface area contributed by atoms with Crippen LogP contribution in [-0.2, 0) is 0 Å². The highest BCUT2D eigenvalue weighted by Crippen LogP contribution is 2.44. The van der Waals surface area contributed by atoms with E-state index in [9.17, 15) is 0 Å². The molecule has 4 aromatic rings. The Morgan fingerprint density at radius 3 is 0.824 bits per heavy atom. The predicted octanol–water partition coefficient (Wildman–Crippen LogP) is 6.95. The van der Waals surface area contributed by atoms with Crippen molar-refractivity contribution in [3.05, 3.63) is 72.8 Å². The van der Waals surface area contributed by atoms with Crippen molar-refractivity contribution >= 4 is 0 Å². The van der Waals surface area contributed by atoms with Gasteiger partial charge in [-0.05, 0) is 70.8 Å². The van der Waals surface area contributed by atoms with Gasteiger partial charge >= 0.3 is 0 Å². The molecule has 0 saturated carbocycles. The molecule has 34 heavy (non-hydrogen) atoms. The molecule has 0 spiro atoms. The molecule has 6 nitrogen and oxygen atoms in total. The molecule has 8 bridgehead atoms. The SMILES string of the molecule is COc1cc2ccc1Oc1ccc(cc1OC)-c1ccc(c(OC)c1)Oc1ccc-2cc1OC. The Balaban J connectivity index is 1.74. The number of hydrogen-bond acceptors (Lipinski definition) is 6. The maximum absolute atomic E-state index is 6.20. The fraction of sp³-hybridized carbons (Fsp3) is 0.143. The Morgan fingerprint density at radius 2 is 0.618 bits per heavy atom. The van der Waals surface area contributed by atoms with Crippen LogP contribution in [0.15, 0.2) is 72.8 Å². The monoisotopic (exact) mass is 456 g/mol. The zero-order chi connectivity index (χ0) is 23.7. The minimum atomic E-state index is 0.580. The van der Waals surface area contributed by atoms with Crippen LogP contribution in [0.3, 0.4) is 0 Å². The molecule has 0 aliphatic carbocycles. The largest absolute Gasteiger partial charge is 0.493 e. The van der Waals surface area contributed by atoms with Crippen LogP contribution >= 0.6 is 0 Å². The number of benzene rings is 4. The van der Waals surface area contributed by atoms with Crippen LogP contribution in [-0.4, -0.2) is 28.4 Å². The van der Waals surface area contributed by atoms with Crippen LogP contribution in [0, 0.1) is 0 Å². The van der Waals surface area contributed by atoms with Crippen LogP contribution in [0.25, 0.3) is 22.3 Å². The summed E-state index contributed by atoms with van der Waals surface area (Å²) in [6.45, 7) is 0. The third-order valence-corrected chi connectivity index (χ3v) is 5.76. The van der Waals surface area contributed by atoms with E-state index in [0.29, 0.717) is 46.0 Å². The van der Waals surface area contributed by atoms with E-state index in [1.165, 1.54) is 0 Å². The molecule has 0 N–H and O–H groups in total. The van der Waals surface area contributed by atoms with Crippen LogP contribution in [0.1, 0.15) is 0 Å². The van der Waals surface area contributed by atoms with Gasteiger partial charge in [-0.1, -0.05) is 24.3 Å². The number of rotatable bonds is 4. The van der Waals surface area contributed by atoms with Crippen molar-refractivity contribution in [1.29, 1.82) is 0 Å². The molecule has 0 amide bonds. The van der Waals surface area contributed by atoms with Gasteiger partial charge in [-0.15, -0.1) is 0 Å². The molecule has 0 saturated heterocycles. The lowest BCUT2D eigenvalue weighted by molar-refractivity contribution is 0.356. The first kappa shape index (κ1) is 21.5. The molecule has 0 radical (unpaired) electrons. The molecular formula is C28H24O6. The lowest BCUT2D eigenvalue weighted by Crippen LogP contribution is -1.96. The molecule has 172 valence electrons. The zero-order valence-corrected chi connectivity index (χ0v) is 19.4. The van der Waals surface area contributed by atoms with Crippen LogP contribution in [0.2, 0.25) is 0 Å². The lowest BCUT2D eigenvalue weighted by Gasteiger charge is -2.18. The van der Waals surface area contributed by atoms with E-state index in [4.69, 9.17) is 28.4 Å². The van der Waals surface area contributed by atoms with Gasteiger partial charge in [0.25, 0.3) is 0 Å². The molecule has 10 aliphatic rings. The van der Waals surface area contributed by atoms with E-state index in [0.717, 1.165) is 22.3 Å². The minimum Gasteiger partial charge on any atom is -0.493 e. The second-order valence-corrected chi connectivity index (χ2v) is 7.67. The quantitative estimate of drug-likeness (QED) is 0.292. The Kier molecular flexibility index (Phi) is 5.64. The second-order valence-electron chi connectivity index (χ2n) is 7.67. The second kappa shape index (κ2) is 8.90. The molecule has 0 aromatic heterocycles. The van der Waals surface area contributed by atoms with E-state index in [2.05, 4.69) is 0 Å². The predicted molar refractivity (Wildman–Crippen MR) is 130 cm³/mol. The van der Waals surface area contributed by atoms with Gasteiger partial charge in [0.2, 0.25) is 0 Å². The highest BCUT2D eigenvalue weighted by Gasteiger charge is 2.17. The van der Waals surface area contributed by atoms with E-state index in [1.54, 1.807) is 28.4 Å². The van der Waals surface area contributed by atoms with Crippen molar-refractivity contribution in [2.24, 2.45) is 0 Å². The molecule has 0 fully saturated rings. The third-order valence-electron chi connectivity index (χ3n) is 5.76. The van der Waals surface area contributed by atoms with Crippen LogP contribution in [0.5, 0.6) is 46.0 Å². The Morgan fingerprint density at radius 1 is 0.382 bits per heavy atom. The van der Waals surface area contributed by atoms with Crippen molar-refractivity contribution in [3.63, 3.8) is 0 Å². The molecular weight excluding hydrogens is 432 g/mol. The maximum Gasteiger partial charge on any atom is 0.169 e. The van der Waals surface area contributed by atoms with Crippen LogP contribution in [0.4, 0.5) is 0 Å². The van der Waals surface area contributed by atoms with Crippen LogP contribution < -0.4 is 28.4 Å². The van der Waals surface area contributed by atoms with Gasteiger partial charge in [0.1, 0.15) is 0 Å².